The van der Waals surface area contributed by atoms with Gasteiger partial charge in [0.1, 0.15) is 6.07 Å². The lowest BCUT2D eigenvalue weighted by Gasteiger charge is -2.32. The first-order valence-corrected chi connectivity index (χ1v) is 5.00. The molecule has 1 atom stereocenters. The molecule has 1 aliphatic heterocycles. The first-order valence-electron chi connectivity index (χ1n) is 5.00. The van der Waals surface area contributed by atoms with E-state index in [1.165, 1.54) is 0 Å². The topological polar surface area (TPSA) is 64.8 Å². The molecule has 0 saturated carbocycles. The zero-order valence-corrected chi connectivity index (χ0v) is 8.64. The number of rotatable bonds is 1. The van der Waals surface area contributed by atoms with E-state index in [4.69, 9.17) is 5.26 Å². The molecular formula is C10H13N5. The minimum atomic E-state index is 0.409. The monoisotopic (exact) mass is 203 g/mol. The Bertz CT molecular complexity index is 384. The van der Waals surface area contributed by atoms with Gasteiger partial charge in [0.2, 0.25) is 0 Å². The summed E-state index contributed by atoms with van der Waals surface area (Å²) >= 11 is 0. The summed E-state index contributed by atoms with van der Waals surface area (Å²) in [6.45, 7) is 4.78. The highest BCUT2D eigenvalue weighted by Crippen LogP contribution is 2.15. The number of nitrogens with one attached hydrogen (secondary N) is 1. The summed E-state index contributed by atoms with van der Waals surface area (Å²) in [6, 6.07) is 2.50. The quantitative estimate of drug-likeness (QED) is 0.703. The second-order valence-electron chi connectivity index (χ2n) is 3.64. The zero-order valence-electron chi connectivity index (χ0n) is 8.64. The molecule has 1 N–H and O–H groups in total. The fraction of sp³-hybridized carbons (Fsp3) is 0.500. The number of hydrogen-bond acceptors (Lipinski definition) is 5. The Kier molecular flexibility index (Phi) is 2.79. The molecule has 5 heteroatoms. The standard InChI is InChI=1S/C10H13N5/c1-8-7-15(5-4-12-8)10-9(6-11)13-2-3-14-10/h2-3,8,12H,4-5,7H2,1H3. The van der Waals surface area contributed by atoms with E-state index in [2.05, 4.69) is 33.2 Å². The molecule has 0 radical (unpaired) electrons. The number of hydrogen-bond donors (Lipinski definition) is 1. The van der Waals surface area contributed by atoms with Crippen molar-refractivity contribution in [2.24, 2.45) is 0 Å². The Morgan fingerprint density at radius 2 is 2.33 bits per heavy atom. The number of nitriles is 1. The van der Waals surface area contributed by atoms with Crippen LogP contribution in [0.15, 0.2) is 12.4 Å². The van der Waals surface area contributed by atoms with E-state index in [0.717, 1.165) is 19.6 Å². The molecule has 15 heavy (non-hydrogen) atoms. The van der Waals surface area contributed by atoms with Crippen molar-refractivity contribution < 1.29 is 0 Å². The van der Waals surface area contributed by atoms with Crippen molar-refractivity contribution in [2.75, 3.05) is 24.5 Å². The van der Waals surface area contributed by atoms with Crippen LogP contribution in [0.1, 0.15) is 12.6 Å². The number of anilines is 1. The summed E-state index contributed by atoms with van der Waals surface area (Å²) < 4.78 is 0. The first kappa shape index (κ1) is 9.87. The third-order valence-electron chi connectivity index (χ3n) is 2.45. The van der Waals surface area contributed by atoms with E-state index in [0.29, 0.717) is 17.6 Å². The zero-order chi connectivity index (χ0) is 10.7. The summed E-state index contributed by atoms with van der Waals surface area (Å²) in [5, 5.41) is 12.3. The Morgan fingerprint density at radius 1 is 1.53 bits per heavy atom. The molecule has 0 aromatic carbocycles. The van der Waals surface area contributed by atoms with Crippen LogP contribution in [0.5, 0.6) is 0 Å². The maximum absolute atomic E-state index is 8.92. The predicted octanol–water partition coefficient (Wildman–Crippen LogP) is 0.146. The lowest BCUT2D eigenvalue weighted by atomic mass is 10.2. The maximum Gasteiger partial charge on any atom is 0.183 e. The van der Waals surface area contributed by atoms with Gasteiger partial charge in [-0.1, -0.05) is 0 Å². The van der Waals surface area contributed by atoms with Crippen LogP contribution in [0.25, 0.3) is 0 Å². The fourth-order valence-corrected chi connectivity index (χ4v) is 1.77. The van der Waals surface area contributed by atoms with Crippen LogP contribution < -0.4 is 10.2 Å². The number of nitrogens with zero attached hydrogens (tertiary/aromatic N) is 4. The van der Waals surface area contributed by atoms with Gasteiger partial charge in [0.05, 0.1) is 0 Å². The first-order chi connectivity index (χ1) is 7.31. The van der Waals surface area contributed by atoms with E-state index < -0.39 is 0 Å². The Balaban J connectivity index is 2.25. The minimum Gasteiger partial charge on any atom is -0.351 e. The summed E-state index contributed by atoms with van der Waals surface area (Å²) in [5.74, 6) is 0.702. The van der Waals surface area contributed by atoms with Gasteiger partial charge in [0.25, 0.3) is 0 Å². The molecular weight excluding hydrogens is 190 g/mol. The van der Waals surface area contributed by atoms with Crippen LogP contribution in [0.4, 0.5) is 5.82 Å². The smallest absolute Gasteiger partial charge is 0.183 e. The summed E-state index contributed by atoms with van der Waals surface area (Å²) in [6.07, 6.45) is 3.18. The van der Waals surface area contributed by atoms with Crippen molar-refractivity contribution in [1.29, 1.82) is 5.26 Å². The predicted molar refractivity (Wildman–Crippen MR) is 56.4 cm³/mol. The Hall–Kier alpha value is -1.67. The van der Waals surface area contributed by atoms with Gasteiger partial charge in [-0.25, -0.2) is 9.97 Å². The van der Waals surface area contributed by atoms with Crippen molar-refractivity contribution in [3.8, 4) is 6.07 Å². The summed E-state index contributed by atoms with van der Waals surface area (Å²) in [4.78, 5) is 10.3. The highest BCUT2D eigenvalue weighted by Gasteiger charge is 2.19. The van der Waals surface area contributed by atoms with Crippen molar-refractivity contribution in [3.63, 3.8) is 0 Å². The van der Waals surface area contributed by atoms with Gasteiger partial charge in [-0.3, -0.25) is 0 Å². The van der Waals surface area contributed by atoms with Gasteiger partial charge < -0.3 is 10.2 Å². The van der Waals surface area contributed by atoms with Gasteiger partial charge in [-0.2, -0.15) is 5.26 Å². The largest absolute Gasteiger partial charge is 0.351 e. The van der Waals surface area contributed by atoms with Crippen LogP contribution in [-0.2, 0) is 0 Å². The van der Waals surface area contributed by atoms with Crippen molar-refractivity contribution in [2.45, 2.75) is 13.0 Å². The normalized spacial score (nSPS) is 21.1. The number of aromatic nitrogens is 2. The van der Waals surface area contributed by atoms with Gasteiger partial charge in [-0.15, -0.1) is 0 Å². The van der Waals surface area contributed by atoms with Crippen molar-refractivity contribution in [3.05, 3.63) is 18.1 Å². The van der Waals surface area contributed by atoms with E-state index >= 15 is 0 Å². The molecule has 0 bridgehead atoms. The summed E-state index contributed by atoms with van der Waals surface area (Å²) in [7, 11) is 0. The van der Waals surface area contributed by atoms with Crippen molar-refractivity contribution >= 4 is 5.82 Å². The molecule has 78 valence electrons. The molecule has 5 nitrogen and oxygen atoms in total. The fourth-order valence-electron chi connectivity index (χ4n) is 1.77. The van der Waals surface area contributed by atoms with Crippen molar-refractivity contribution in [1.82, 2.24) is 15.3 Å². The SMILES string of the molecule is CC1CN(c2nccnc2C#N)CCN1. The van der Waals surface area contributed by atoms with E-state index in [1.54, 1.807) is 12.4 Å². The average molecular weight is 203 g/mol. The van der Waals surface area contributed by atoms with Crippen LogP contribution in [0.3, 0.4) is 0 Å². The lowest BCUT2D eigenvalue weighted by Crippen LogP contribution is -2.49. The van der Waals surface area contributed by atoms with Crippen LogP contribution in [-0.4, -0.2) is 35.6 Å². The van der Waals surface area contributed by atoms with E-state index in [9.17, 15) is 0 Å². The van der Waals surface area contributed by atoms with Crippen LogP contribution in [0, 0.1) is 11.3 Å². The lowest BCUT2D eigenvalue weighted by molar-refractivity contribution is 0.481. The third-order valence-corrected chi connectivity index (χ3v) is 2.45. The molecule has 0 aliphatic carbocycles. The van der Waals surface area contributed by atoms with E-state index in [-0.39, 0.29) is 0 Å². The van der Waals surface area contributed by atoms with Crippen LogP contribution >= 0.6 is 0 Å². The molecule has 0 spiro atoms. The van der Waals surface area contributed by atoms with Gasteiger partial charge in [0.15, 0.2) is 11.5 Å². The van der Waals surface area contributed by atoms with Gasteiger partial charge in [-0.05, 0) is 6.92 Å². The third kappa shape index (κ3) is 2.05. The maximum atomic E-state index is 8.92. The highest BCUT2D eigenvalue weighted by atomic mass is 15.2. The van der Waals surface area contributed by atoms with Gasteiger partial charge in [0, 0.05) is 38.1 Å². The Labute approximate surface area is 88.8 Å². The second kappa shape index (κ2) is 4.24. The Morgan fingerprint density at radius 3 is 3.07 bits per heavy atom. The molecule has 2 rings (SSSR count). The molecule has 1 aromatic rings. The molecule has 1 unspecified atom stereocenters. The molecule has 1 fully saturated rings. The molecule has 1 aromatic heterocycles. The molecule has 0 amide bonds. The molecule has 2 heterocycles. The van der Waals surface area contributed by atoms with Crippen LogP contribution in [0.2, 0.25) is 0 Å². The average Bonchev–Trinajstić information content (AvgIpc) is 2.29. The minimum absolute atomic E-state index is 0.409. The summed E-state index contributed by atoms with van der Waals surface area (Å²) in [5.41, 5.74) is 0.409. The molecule has 1 saturated heterocycles. The second-order valence-corrected chi connectivity index (χ2v) is 3.64. The number of piperazine rings is 1. The van der Waals surface area contributed by atoms with E-state index in [1.807, 2.05) is 0 Å². The highest BCUT2D eigenvalue weighted by molar-refractivity contribution is 5.49. The van der Waals surface area contributed by atoms with Gasteiger partial charge >= 0.3 is 0 Å². The molecule has 1 aliphatic rings.